The van der Waals surface area contributed by atoms with E-state index in [1.54, 1.807) is 0 Å². The van der Waals surface area contributed by atoms with Crippen molar-refractivity contribution in [1.82, 2.24) is 5.32 Å². The van der Waals surface area contributed by atoms with Crippen molar-refractivity contribution in [3.63, 3.8) is 0 Å². The van der Waals surface area contributed by atoms with Gasteiger partial charge in [0.25, 0.3) is 0 Å². The average molecular weight is 832 g/mol. The molecule has 0 fully saturated rings. The molecular formula is C48H100N2O6P+. The number of phosphoric acid groups is 1. The molecule has 0 radical (unpaired) electrons. The number of aliphatic hydroxyl groups is 1. The Bertz CT molecular complexity index is 901. The Morgan fingerprint density at radius 2 is 0.842 bits per heavy atom. The largest absolute Gasteiger partial charge is 0.472 e. The third-order valence-corrected chi connectivity index (χ3v) is 12.6. The van der Waals surface area contributed by atoms with Crippen LogP contribution in [0.1, 0.15) is 251 Å². The lowest BCUT2D eigenvalue weighted by atomic mass is 10.0. The van der Waals surface area contributed by atoms with E-state index in [0.29, 0.717) is 23.9 Å². The Kier molecular flexibility index (Phi) is 40.5. The van der Waals surface area contributed by atoms with E-state index >= 15 is 0 Å². The maximum absolute atomic E-state index is 12.8. The Morgan fingerprint density at radius 1 is 0.526 bits per heavy atom. The van der Waals surface area contributed by atoms with E-state index in [-0.39, 0.29) is 19.1 Å². The number of aliphatic hydroxyl groups excluding tert-OH is 1. The number of phosphoric ester groups is 1. The molecular weight excluding hydrogens is 732 g/mol. The molecule has 0 aliphatic rings. The lowest BCUT2D eigenvalue weighted by Gasteiger charge is -2.26. The molecule has 1 amide bonds. The van der Waals surface area contributed by atoms with E-state index < -0.39 is 20.0 Å². The molecule has 0 aromatic rings. The van der Waals surface area contributed by atoms with Crippen molar-refractivity contribution in [2.45, 2.75) is 264 Å². The molecule has 0 bridgehead atoms. The number of nitrogens with one attached hydrogen (secondary N) is 1. The van der Waals surface area contributed by atoms with Gasteiger partial charge < -0.3 is 19.8 Å². The lowest BCUT2D eigenvalue weighted by molar-refractivity contribution is -0.870. The third-order valence-electron chi connectivity index (χ3n) is 11.6. The molecule has 8 nitrogen and oxygen atoms in total. The van der Waals surface area contributed by atoms with Crippen LogP contribution >= 0.6 is 7.82 Å². The first kappa shape index (κ1) is 56.5. The highest BCUT2D eigenvalue weighted by molar-refractivity contribution is 7.47. The van der Waals surface area contributed by atoms with Gasteiger partial charge in [0.15, 0.2) is 0 Å². The van der Waals surface area contributed by atoms with Gasteiger partial charge in [-0.3, -0.25) is 13.8 Å². The third kappa shape index (κ3) is 43.4. The van der Waals surface area contributed by atoms with Gasteiger partial charge in [-0.2, -0.15) is 0 Å². The van der Waals surface area contributed by atoms with Crippen molar-refractivity contribution in [1.29, 1.82) is 0 Å². The Labute approximate surface area is 355 Å². The molecule has 3 atom stereocenters. The van der Waals surface area contributed by atoms with Gasteiger partial charge in [0, 0.05) is 6.42 Å². The first-order chi connectivity index (χ1) is 27.5. The lowest BCUT2D eigenvalue weighted by Crippen LogP contribution is -2.46. The van der Waals surface area contributed by atoms with Crippen molar-refractivity contribution >= 4 is 13.7 Å². The molecule has 3 unspecified atom stereocenters. The zero-order chi connectivity index (χ0) is 42.1. The minimum Gasteiger partial charge on any atom is -0.391 e. The van der Waals surface area contributed by atoms with Gasteiger partial charge in [-0.25, -0.2) is 4.57 Å². The van der Waals surface area contributed by atoms with E-state index in [0.717, 1.165) is 38.5 Å². The zero-order valence-electron chi connectivity index (χ0n) is 38.9. The predicted molar refractivity (Wildman–Crippen MR) is 245 cm³/mol. The van der Waals surface area contributed by atoms with Crippen LogP contribution in [0.3, 0.4) is 0 Å². The second-order valence-corrected chi connectivity index (χ2v) is 20.0. The molecule has 0 aromatic heterocycles. The number of quaternary nitrogens is 1. The number of carbonyl (C=O) groups is 1. The van der Waals surface area contributed by atoms with Crippen LogP contribution < -0.4 is 5.32 Å². The summed E-state index contributed by atoms with van der Waals surface area (Å²) < 4.78 is 23.5. The summed E-state index contributed by atoms with van der Waals surface area (Å²) in [4.78, 5) is 23.1. The average Bonchev–Trinajstić information content (AvgIpc) is 3.16. The fourth-order valence-corrected chi connectivity index (χ4v) is 8.37. The number of unbranched alkanes of at least 4 members (excludes halogenated alkanes) is 33. The highest BCUT2D eigenvalue weighted by Crippen LogP contribution is 2.43. The zero-order valence-corrected chi connectivity index (χ0v) is 39.8. The quantitative estimate of drug-likeness (QED) is 0.0321. The smallest absolute Gasteiger partial charge is 0.391 e. The van der Waals surface area contributed by atoms with Gasteiger partial charge >= 0.3 is 7.82 Å². The van der Waals surface area contributed by atoms with Gasteiger partial charge in [0.05, 0.1) is 39.9 Å². The molecule has 9 heteroatoms. The Hall–Kier alpha value is -0.500. The Morgan fingerprint density at radius 3 is 1.18 bits per heavy atom. The van der Waals surface area contributed by atoms with Crippen LogP contribution in [0.4, 0.5) is 0 Å². The topological polar surface area (TPSA) is 105 Å². The summed E-state index contributed by atoms with van der Waals surface area (Å²) in [6.07, 6.45) is 46.1. The van der Waals surface area contributed by atoms with Crippen LogP contribution in [-0.2, 0) is 18.4 Å². The number of hydrogen-bond donors (Lipinski definition) is 3. The monoisotopic (exact) mass is 832 g/mol. The highest BCUT2D eigenvalue weighted by atomic mass is 31.2. The summed E-state index contributed by atoms with van der Waals surface area (Å²) in [5, 5.41) is 13.9. The van der Waals surface area contributed by atoms with E-state index in [2.05, 4.69) is 19.2 Å². The number of amides is 1. The van der Waals surface area contributed by atoms with Crippen molar-refractivity contribution in [2.75, 3.05) is 40.9 Å². The summed E-state index contributed by atoms with van der Waals surface area (Å²) in [5.74, 6) is -0.143. The van der Waals surface area contributed by atoms with Crippen LogP contribution in [0.5, 0.6) is 0 Å². The summed E-state index contributed by atoms with van der Waals surface area (Å²) in [6.45, 7) is 4.87. The van der Waals surface area contributed by atoms with Gasteiger partial charge in [-0.15, -0.1) is 0 Å². The van der Waals surface area contributed by atoms with Gasteiger partial charge in [-0.05, 0) is 12.8 Å². The standard InChI is InChI=1S/C48H99N2O6P/c1-6-8-10-12-14-15-16-17-18-19-20-21-22-23-24-25-26-27-28-29-30-31-32-33-34-36-38-40-42-48(52)49-46(47(51)41-39-37-35-13-11-9-7-2)45-56-57(53,54)55-44-43-50(3,4)5/h46-47,51H,6-45H2,1-5H3,(H-,49,52,53,54)/p+1. The highest BCUT2D eigenvalue weighted by Gasteiger charge is 2.28. The van der Waals surface area contributed by atoms with Crippen molar-refractivity contribution < 1.29 is 32.9 Å². The number of hydrogen-bond acceptors (Lipinski definition) is 5. The number of likely N-dealkylation sites (N-methyl/N-ethyl adjacent to an activating group) is 1. The molecule has 342 valence electrons. The van der Waals surface area contributed by atoms with Crippen molar-refractivity contribution in [3.05, 3.63) is 0 Å². The number of carbonyl (C=O) groups excluding carboxylic acids is 1. The fraction of sp³-hybridized carbons (Fsp3) is 0.979. The first-order valence-electron chi connectivity index (χ1n) is 24.9. The summed E-state index contributed by atoms with van der Waals surface area (Å²) >= 11 is 0. The second kappa shape index (κ2) is 40.9. The van der Waals surface area contributed by atoms with Crippen molar-refractivity contribution in [3.8, 4) is 0 Å². The van der Waals surface area contributed by atoms with Crippen LogP contribution in [-0.4, -0.2) is 73.4 Å². The van der Waals surface area contributed by atoms with Crippen molar-refractivity contribution in [2.24, 2.45) is 0 Å². The van der Waals surface area contributed by atoms with Crippen LogP contribution in [0.25, 0.3) is 0 Å². The Balaban J connectivity index is 3.90. The fourth-order valence-electron chi connectivity index (χ4n) is 7.64. The minimum atomic E-state index is -4.30. The molecule has 0 spiro atoms. The molecule has 0 aliphatic heterocycles. The molecule has 57 heavy (non-hydrogen) atoms. The number of rotatable bonds is 46. The molecule has 3 N–H and O–H groups in total. The molecule has 0 heterocycles. The molecule has 0 saturated carbocycles. The normalized spacial score (nSPS) is 14.2. The maximum Gasteiger partial charge on any atom is 0.472 e. The minimum absolute atomic E-state index is 0.0779. The van der Waals surface area contributed by atoms with E-state index in [9.17, 15) is 19.4 Å². The molecule has 0 aliphatic carbocycles. The molecule has 0 rings (SSSR count). The molecule has 0 saturated heterocycles. The van der Waals surface area contributed by atoms with Gasteiger partial charge in [0.2, 0.25) is 5.91 Å². The van der Waals surface area contributed by atoms with E-state index in [1.807, 2.05) is 21.1 Å². The SMILES string of the molecule is CCCCCCCCCCCCCCCCCCCCCCCCCCCCCCC(=O)NC(COP(=O)(O)OCC[N+](C)(C)C)C(O)CCCCCCCCC. The van der Waals surface area contributed by atoms with Gasteiger partial charge in [-0.1, -0.05) is 232 Å². The first-order valence-corrected chi connectivity index (χ1v) is 26.4. The van der Waals surface area contributed by atoms with Crippen LogP contribution in [0.2, 0.25) is 0 Å². The second-order valence-electron chi connectivity index (χ2n) is 18.6. The summed E-state index contributed by atoms with van der Waals surface area (Å²) in [6, 6.07) is -0.751. The van der Waals surface area contributed by atoms with E-state index in [4.69, 9.17) is 9.05 Å². The predicted octanol–water partition coefficient (Wildman–Crippen LogP) is 14.1. The summed E-state index contributed by atoms with van der Waals surface area (Å²) in [7, 11) is 1.63. The van der Waals surface area contributed by atoms with Crippen LogP contribution in [0.15, 0.2) is 0 Å². The molecule has 0 aromatic carbocycles. The maximum atomic E-state index is 12.8. The van der Waals surface area contributed by atoms with E-state index in [1.165, 1.54) is 186 Å². The number of nitrogens with zero attached hydrogens (tertiary/aromatic N) is 1. The summed E-state index contributed by atoms with van der Waals surface area (Å²) in [5.41, 5.74) is 0. The van der Waals surface area contributed by atoms with Gasteiger partial charge in [0.1, 0.15) is 13.2 Å². The van der Waals surface area contributed by atoms with Crippen LogP contribution in [0, 0.1) is 0 Å².